The highest BCUT2D eigenvalue weighted by Gasteiger charge is 2.44. The van der Waals surface area contributed by atoms with Gasteiger partial charge in [-0.05, 0) is 44.1 Å². The summed E-state index contributed by atoms with van der Waals surface area (Å²) in [7, 11) is -3.83. The van der Waals surface area contributed by atoms with Gasteiger partial charge in [-0.15, -0.1) is 0 Å². The average Bonchev–Trinajstić information content (AvgIpc) is 3.22. The first-order chi connectivity index (χ1) is 14.5. The van der Waals surface area contributed by atoms with E-state index in [2.05, 4.69) is 23.7 Å². The first-order valence-electron chi connectivity index (χ1n) is 9.84. The highest BCUT2D eigenvalue weighted by molar-refractivity contribution is 7.92. The molecule has 1 atom stereocenters. The van der Waals surface area contributed by atoms with Crippen molar-refractivity contribution in [1.82, 2.24) is 14.9 Å². The molecule has 1 aromatic heterocycles. The molecule has 166 valence electrons. The van der Waals surface area contributed by atoms with Crippen LogP contribution in [0.3, 0.4) is 0 Å². The molecule has 1 aromatic rings. The maximum atomic E-state index is 12.6. The van der Waals surface area contributed by atoms with E-state index < -0.39 is 20.5 Å². The number of rotatable bonds is 6. The number of hydrogen-bond acceptors (Lipinski definition) is 6. The first-order valence-corrected chi connectivity index (χ1v) is 11.7. The molecule has 3 N–H and O–H groups in total. The van der Waals surface area contributed by atoms with Gasteiger partial charge in [0, 0.05) is 30.3 Å². The summed E-state index contributed by atoms with van der Waals surface area (Å²) in [6.07, 6.45) is 5.15. The molecule has 0 unspecified atom stereocenters. The second-order valence-corrected chi connectivity index (χ2v) is 10.7. The maximum absolute atomic E-state index is 12.6. The van der Waals surface area contributed by atoms with Gasteiger partial charge in [0.05, 0.1) is 18.6 Å². The number of nitrogens with one attached hydrogen (secondary N) is 1. The van der Waals surface area contributed by atoms with Crippen molar-refractivity contribution in [2.75, 3.05) is 19.4 Å². The number of carbonyl (C=O) groups excluding carboxylic acids is 2. The molecule has 0 spiro atoms. The van der Waals surface area contributed by atoms with Crippen LogP contribution in [0.2, 0.25) is 0 Å². The van der Waals surface area contributed by atoms with Gasteiger partial charge in [0.15, 0.2) is 14.6 Å². The quantitative estimate of drug-likeness (QED) is 0.331. The Morgan fingerprint density at radius 3 is 2.58 bits per heavy atom. The number of amides is 2. The number of hydroxylamine groups is 1. The maximum Gasteiger partial charge on any atom is 0.328 e. The molecular formula is C21H25N3O6S. The molecule has 2 heterocycles. The molecule has 1 fully saturated rings. The van der Waals surface area contributed by atoms with E-state index in [-0.39, 0.29) is 37.6 Å². The Hall–Kier alpha value is -2.79. The third-order valence-corrected chi connectivity index (χ3v) is 8.22. The summed E-state index contributed by atoms with van der Waals surface area (Å²) in [5.41, 5.74) is 2.40. The normalized spacial score (nSPS) is 18.6. The largest absolute Gasteiger partial charge is 0.395 e. The Bertz CT molecular complexity index is 1120. The molecule has 0 aromatic carbocycles. The van der Waals surface area contributed by atoms with E-state index in [1.165, 1.54) is 21.9 Å². The van der Waals surface area contributed by atoms with Gasteiger partial charge >= 0.3 is 6.03 Å². The smallest absolute Gasteiger partial charge is 0.328 e. The Balaban J connectivity index is 1.66. The van der Waals surface area contributed by atoms with Crippen LogP contribution >= 0.6 is 0 Å². The summed E-state index contributed by atoms with van der Waals surface area (Å²) in [5, 5.41) is 18.3. The van der Waals surface area contributed by atoms with Crippen molar-refractivity contribution in [3.63, 3.8) is 0 Å². The van der Waals surface area contributed by atoms with E-state index in [1.807, 2.05) is 0 Å². The Morgan fingerprint density at radius 1 is 1.35 bits per heavy atom. The Morgan fingerprint density at radius 2 is 2.06 bits per heavy atom. The minimum Gasteiger partial charge on any atom is -0.395 e. The van der Waals surface area contributed by atoms with Crippen LogP contribution in [0.15, 0.2) is 12.3 Å². The van der Waals surface area contributed by atoms with Crippen molar-refractivity contribution >= 4 is 21.8 Å². The predicted molar refractivity (Wildman–Crippen MR) is 111 cm³/mol. The standard InChI is InChI=1S/C21H25N3O6S/c1-20(18(26)22-28,31(2,29)30)10-11-23-14-17-12-16(13-24(17)19(23)27)6-3-4-7-21(15-25)8-5-9-21/h12-13,25,28H,5,8-11,14-15H2,1-2H3,(H,22,26)/t20-/m1/s1. The SMILES string of the molecule is C[C@@](CCN1Cc2cc(C#CC#CC3(CO)CCC3)cn2C1=O)(C(=O)NO)S(C)(=O)=O. The fourth-order valence-electron chi connectivity index (χ4n) is 3.59. The van der Waals surface area contributed by atoms with E-state index in [9.17, 15) is 23.1 Å². The summed E-state index contributed by atoms with van der Waals surface area (Å²) in [6.45, 7) is 1.52. The summed E-state index contributed by atoms with van der Waals surface area (Å²) >= 11 is 0. The zero-order valence-corrected chi connectivity index (χ0v) is 18.3. The molecule has 31 heavy (non-hydrogen) atoms. The lowest BCUT2D eigenvalue weighted by atomic mass is 9.70. The lowest BCUT2D eigenvalue weighted by Gasteiger charge is -2.34. The number of aliphatic hydroxyl groups is 1. The number of hydrogen-bond donors (Lipinski definition) is 3. The lowest BCUT2D eigenvalue weighted by molar-refractivity contribution is -0.131. The van der Waals surface area contributed by atoms with Crippen LogP contribution in [0.25, 0.3) is 0 Å². The molecule has 0 saturated heterocycles. The first kappa shape index (κ1) is 22.9. The fraction of sp³-hybridized carbons (Fsp3) is 0.524. The Labute approximate surface area is 181 Å². The Kier molecular flexibility index (Phi) is 6.19. The number of nitrogens with zero attached hydrogens (tertiary/aromatic N) is 2. The molecule has 1 aliphatic heterocycles. The van der Waals surface area contributed by atoms with E-state index in [0.29, 0.717) is 11.3 Å². The summed E-state index contributed by atoms with van der Waals surface area (Å²) in [5.74, 6) is 10.4. The molecule has 1 saturated carbocycles. The molecule has 0 radical (unpaired) electrons. The number of aromatic nitrogens is 1. The van der Waals surface area contributed by atoms with Crippen LogP contribution in [0, 0.1) is 29.1 Å². The number of carbonyl (C=O) groups is 2. The predicted octanol–water partition coefficient (Wildman–Crippen LogP) is 0.488. The summed E-state index contributed by atoms with van der Waals surface area (Å²) in [4.78, 5) is 26.0. The van der Waals surface area contributed by atoms with Gasteiger partial charge in [-0.3, -0.25) is 14.6 Å². The average molecular weight is 448 g/mol. The van der Waals surface area contributed by atoms with Crippen LogP contribution in [0.4, 0.5) is 4.79 Å². The van der Waals surface area contributed by atoms with E-state index in [1.54, 1.807) is 12.3 Å². The minimum absolute atomic E-state index is 0.0211. The van der Waals surface area contributed by atoms with Gasteiger partial charge < -0.3 is 10.0 Å². The van der Waals surface area contributed by atoms with Crippen molar-refractivity contribution in [2.45, 2.75) is 43.9 Å². The van der Waals surface area contributed by atoms with E-state index >= 15 is 0 Å². The van der Waals surface area contributed by atoms with Gasteiger partial charge in [0.1, 0.15) is 0 Å². The van der Waals surface area contributed by atoms with Crippen molar-refractivity contribution in [3.8, 4) is 23.7 Å². The third-order valence-electron chi connectivity index (χ3n) is 6.20. The second-order valence-electron chi connectivity index (χ2n) is 8.28. The van der Waals surface area contributed by atoms with Crippen molar-refractivity contribution in [2.24, 2.45) is 5.41 Å². The molecular weight excluding hydrogens is 422 g/mol. The topological polar surface area (TPSA) is 129 Å². The minimum atomic E-state index is -3.83. The van der Waals surface area contributed by atoms with Gasteiger partial charge in [0.25, 0.3) is 5.91 Å². The molecule has 3 rings (SSSR count). The highest BCUT2D eigenvalue weighted by atomic mass is 32.2. The number of aliphatic hydroxyl groups excluding tert-OH is 1. The zero-order chi connectivity index (χ0) is 22.9. The zero-order valence-electron chi connectivity index (χ0n) is 17.4. The summed E-state index contributed by atoms with van der Waals surface area (Å²) in [6, 6.07) is 1.41. The van der Waals surface area contributed by atoms with Crippen LogP contribution < -0.4 is 5.48 Å². The van der Waals surface area contributed by atoms with Crippen molar-refractivity contribution in [3.05, 3.63) is 23.5 Å². The lowest BCUT2D eigenvalue weighted by Crippen LogP contribution is -2.50. The number of sulfone groups is 1. The number of fused-ring (bicyclic) bond motifs is 1. The van der Waals surface area contributed by atoms with Gasteiger partial charge in [-0.25, -0.2) is 18.7 Å². The third kappa shape index (κ3) is 4.33. The van der Waals surface area contributed by atoms with E-state index in [0.717, 1.165) is 25.5 Å². The fourth-order valence-corrected chi connectivity index (χ4v) is 4.44. The summed E-state index contributed by atoms with van der Waals surface area (Å²) < 4.78 is 23.7. The molecule has 2 amide bonds. The molecule has 1 aliphatic carbocycles. The van der Waals surface area contributed by atoms with Crippen LogP contribution in [0.1, 0.15) is 43.9 Å². The molecule has 0 bridgehead atoms. The molecule has 2 aliphatic rings. The van der Waals surface area contributed by atoms with Crippen molar-refractivity contribution in [1.29, 1.82) is 0 Å². The second kappa shape index (κ2) is 8.39. The molecule has 9 nitrogen and oxygen atoms in total. The molecule has 10 heteroatoms. The van der Waals surface area contributed by atoms with E-state index in [4.69, 9.17) is 5.21 Å². The van der Waals surface area contributed by atoms with Gasteiger partial charge in [-0.2, -0.15) is 0 Å². The van der Waals surface area contributed by atoms with Crippen LogP contribution in [0.5, 0.6) is 0 Å². The van der Waals surface area contributed by atoms with Crippen molar-refractivity contribution < 1.29 is 28.3 Å². The monoisotopic (exact) mass is 447 g/mol. The highest BCUT2D eigenvalue weighted by Crippen LogP contribution is 2.39. The van der Waals surface area contributed by atoms with Crippen LogP contribution in [-0.2, 0) is 21.2 Å². The van der Waals surface area contributed by atoms with Gasteiger partial charge in [0.2, 0.25) is 0 Å². The van der Waals surface area contributed by atoms with Gasteiger partial charge in [-0.1, -0.05) is 18.3 Å². The van der Waals surface area contributed by atoms with Crippen LogP contribution in [-0.4, -0.2) is 64.3 Å².